The van der Waals surface area contributed by atoms with Gasteiger partial charge in [0.15, 0.2) is 0 Å². The van der Waals surface area contributed by atoms with Crippen LogP contribution in [-0.4, -0.2) is 54.7 Å². The third kappa shape index (κ3) is 2.81. The summed E-state index contributed by atoms with van der Waals surface area (Å²) in [6.45, 7) is 5.00. The van der Waals surface area contributed by atoms with Crippen molar-refractivity contribution in [2.24, 2.45) is 11.7 Å². The molecule has 2 N–H and O–H groups in total. The summed E-state index contributed by atoms with van der Waals surface area (Å²) in [5.41, 5.74) is 5.11. The van der Waals surface area contributed by atoms with Gasteiger partial charge in [-0.25, -0.2) is 0 Å². The molecule has 114 valence electrons. The summed E-state index contributed by atoms with van der Waals surface area (Å²) in [5.74, 6) is -0.661. The van der Waals surface area contributed by atoms with E-state index in [9.17, 15) is 9.59 Å². The van der Waals surface area contributed by atoms with E-state index >= 15 is 0 Å². The van der Waals surface area contributed by atoms with E-state index in [0.29, 0.717) is 19.6 Å². The van der Waals surface area contributed by atoms with Gasteiger partial charge in [-0.15, -0.1) is 0 Å². The fourth-order valence-electron chi connectivity index (χ4n) is 3.20. The molecule has 0 aromatic heterocycles. The topological polar surface area (TPSA) is 81.9 Å². The predicted octanol–water partition coefficient (Wildman–Crippen LogP) is 0.293. The Kier molecular flexibility index (Phi) is 4.34. The van der Waals surface area contributed by atoms with Gasteiger partial charge in [0, 0.05) is 20.1 Å². The van der Waals surface area contributed by atoms with Gasteiger partial charge < -0.3 is 20.1 Å². The minimum atomic E-state index is -0.595. The van der Waals surface area contributed by atoms with Crippen LogP contribution >= 0.6 is 0 Å². The normalized spacial score (nSPS) is 30.9. The molecule has 6 heteroatoms. The van der Waals surface area contributed by atoms with Gasteiger partial charge in [-0.3, -0.25) is 9.59 Å². The highest BCUT2D eigenvalue weighted by molar-refractivity contribution is 5.88. The summed E-state index contributed by atoms with van der Waals surface area (Å²) in [5, 5.41) is 0. The van der Waals surface area contributed by atoms with E-state index in [1.807, 2.05) is 13.8 Å². The minimum Gasteiger partial charge on any atom is -0.378 e. The highest BCUT2D eigenvalue weighted by Crippen LogP contribution is 2.37. The molecule has 2 aliphatic heterocycles. The Morgan fingerprint density at radius 2 is 2.05 bits per heavy atom. The third-order valence-corrected chi connectivity index (χ3v) is 4.28. The zero-order valence-corrected chi connectivity index (χ0v) is 12.4. The zero-order chi connectivity index (χ0) is 14.9. The van der Waals surface area contributed by atoms with Gasteiger partial charge >= 0.3 is 0 Å². The highest BCUT2D eigenvalue weighted by atomic mass is 16.6. The van der Waals surface area contributed by atoms with Crippen LogP contribution in [0.4, 0.5) is 0 Å². The highest BCUT2D eigenvalue weighted by Gasteiger charge is 2.47. The maximum absolute atomic E-state index is 12.5. The zero-order valence-electron chi connectivity index (χ0n) is 12.4. The Balaban J connectivity index is 2.02. The van der Waals surface area contributed by atoms with Crippen LogP contribution in [0, 0.1) is 5.92 Å². The average molecular weight is 284 g/mol. The van der Waals surface area contributed by atoms with Crippen LogP contribution < -0.4 is 5.73 Å². The van der Waals surface area contributed by atoms with Crippen molar-refractivity contribution in [2.75, 3.05) is 20.3 Å². The second kappa shape index (κ2) is 5.69. The first-order valence-corrected chi connectivity index (χ1v) is 7.18. The number of primary amides is 1. The SMILES string of the molecule is CC(C)[C@@H](C(N)=O)N(C)C(=O)C1CCC2(CCOC2)O1. The fraction of sp³-hybridized carbons (Fsp3) is 0.857. The van der Waals surface area contributed by atoms with Crippen LogP contribution in [0.1, 0.15) is 33.1 Å². The molecule has 6 nitrogen and oxygen atoms in total. The molecule has 2 heterocycles. The minimum absolute atomic E-state index is 0.0216. The molecule has 0 radical (unpaired) electrons. The first kappa shape index (κ1) is 15.3. The molecular formula is C14H24N2O4. The molecule has 0 saturated carbocycles. The van der Waals surface area contributed by atoms with Gasteiger partial charge in [0.25, 0.3) is 5.91 Å². The van der Waals surface area contributed by atoms with Crippen molar-refractivity contribution in [1.29, 1.82) is 0 Å². The lowest BCUT2D eigenvalue weighted by Crippen LogP contribution is -2.52. The fourth-order valence-corrected chi connectivity index (χ4v) is 3.20. The maximum atomic E-state index is 12.5. The van der Waals surface area contributed by atoms with Gasteiger partial charge in [-0.05, 0) is 18.8 Å². The molecule has 20 heavy (non-hydrogen) atoms. The van der Waals surface area contributed by atoms with Crippen molar-refractivity contribution in [1.82, 2.24) is 4.90 Å². The van der Waals surface area contributed by atoms with Crippen LogP contribution in [0.5, 0.6) is 0 Å². The molecule has 2 rings (SSSR count). The number of carbonyl (C=O) groups excluding carboxylic acids is 2. The average Bonchev–Trinajstić information content (AvgIpc) is 2.98. The number of ether oxygens (including phenoxy) is 2. The summed E-state index contributed by atoms with van der Waals surface area (Å²) in [6.07, 6.45) is 1.86. The number of nitrogens with zero attached hydrogens (tertiary/aromatic N) is 1. The molecule has 2 saturated heterocycles. The molecule has 2 aliphatic rings. The van der Waals surface area contributed by atoms with E-state index in [4.69, 9.17) is 15.2 Å². The van der Waals surface area contributed by atoms with Crippen LogP contribution in [0.3, 0.4) is 0 Å². The molecule has 1 spiro atoms. The van der Waals surface area contributed by atoms with Crippen molar-refractivity contribution in [3.8, 4) is 0 Å². The Labute approximate surface area is 119 Å². The Hall–Kier alpha value is -1.14. The van der Waals surface area contributed by atoms with Crippen LogP contribution in [0.15, 0.2) is 0 Å². The summed E-state index contributed by atoms with van der Waals surface area (Å²) < 4.78 is 11.3. The van der Waals surface area contributed by atoms with Crippen LogP contribution in [0.25, 0.3) is 0 Å². The largest absolute Gasteiger partial charge is 0.378 e. The van der Waals surface area contributed by atoms with Crippen molar-refractivity contribution in [2.45, 2.75) is 50.9 Å². The molecule has 0 aromatic rings. The smallest absolute Gasteiger partial charge is 0.252 e. The second-order valence-electron chi connectivity index (χ2n) is 6.17. The van der Waals surface area contributed by atoms with E-state index in [1.165, 1.54) is 4.90 Å². The number of likely N-dealkylation sites (N-methyl/N-ethyl adjacent to an activating group) is 1. The third-order valence-electron chi connectivity index (χ3n) is 4.28. The number of rotatable bonds is 4. The lowest BCUT2D eigenvalue weighted by atomic mass is 9.98. The molecule has 2 unspecified atom stereocenters. The number of nitrogens with two attached hydrogens (primary N) is 1. The van der Waals surface area contributed by atoms with E-state index in [0.717, 1.165) is 12.8 Å². The van der Waals surface area contributed by atoms with Crippen molar-refractivity contribution < 1.29 is 19.1 Å². The van der Waals surface area contributed by atoms with Crippen molar-refractivity contribution in [3.63, 3.8) is 0 Å². The predicted molar refractivity (Wildman–Crippen MR) is 72.9 cm³/mol. The molecule has 0 bridgehead atoms. The van der Waals surface area contributed by atoms with Gasteiger partial charge in [0.1, 0.15) is 12.1 Å². The molecular weight excluding hydrogens is 260 g/mol. The first-order chi connectivity index (χ1) is 9.36. The quantitative estimate of drug-likeness (QED) is 0.804. The Morgan fingerprint density at radius 3 is 2.55 bits per heavy atom. The lowest BCUT2D eigenvalue weighted by Gasteiger charge is -2.31. The standard InChI is InChI=1S/C14H24N2O4/c1-9(2)11(12(15)17)16(3)13(18)10-4-5-14(20-10)6-7-19-8-14/h9-11H,4-8H2,1-3H3,(H2,15,17)/t10?,11-,14?/m0/s1. The van der Waals surface area contributed by atoms with Gasteiger partial charge in [0.2, 0.25) is 5.91 Å². The number of carbonyl (C=O) groups is 2. The summed E-state index contributed by atoms with van der Waals surface area (Å²) in [6, 6.07) is -0.595. The van der Waals surface area contributed by atoms with Crippen molar-refractivity contribution >= 4 is 11.8 Å². The lowest BCUT2D eigenvalue weighted by molar-refractivity contribution is -0.152. The molecule has 2 fully saturated rings. The Bertz CT molecular complexity index is 391. The summed E-state index contributed by atoms with van der Waals surface area (Å²) >= 11 is 0. The summed E-state index contributed by atoms with van der Waals surface area (Å²) in [4.78, 5) is 25.4. The Morgan fingerprint density at radius 1 is 1.35 bits per heavy atom. The second-order valence-corrected chi connectivity index (χ2v) is 6.17. The van der Waals surface area contributed by atoms with Crippen molar-refractivity contribution in [3.05, 3.63) is 0 Å². The molecule has 2 amide bonds. The summed E-state index contributed by atoms with van der Waals surface area (Å²) in [7, 11) is 1.62. The maximum Gasteiger partial charge on any atom is 0.252 e. The van der Waals surface area contributed by atoms with Gasteiger partial charge in [0.05, 0.1) is 12.2 Å². The van der Waals surface area contributed by atoms with Gasteiger partial charge in [-0.2, -0.15) is 0 Å². The first-order valence-electron chi connectivity index (χ1n) is 7.18. The van der Waals surface area contributed by atoms with Gasteiger partial charge in [-0.1, -0.05) is 13.8 Å². The molecule has 0 aliphatic carbocycles. The monoisotopic (exact) mass is 284 g/mol. The number of amides is 2. The number of hydrogen-bond donors (Lipinski definition) is 1. The number of hydrogen-bond acceptors (Lipinski definition) is 4. The van der Waals surface area contributed by atoms with Crippen LogP contribution in [-0.2, 0) is 19.1 Å². The van der Waals surface area contributed by atoms with E-state index in [2.05, 4.69) is 0 Å². The van der Waals surface area contributed by atoms with E-state index in [-0.39, 0.29) is 17.4 Å². The molecule has 0 aromatic carbocycles. The van der Waals surface area contributed by atoms with E-state index in [1.54, 1.807) is 7.05 Å². The van der Waals surface area contributed by atoms with E-state index < -0.39 is 18.1 Å². The van der Waals surface area contributed by atoms with Crippen LogP contribution in [0.2, 0.25) is 0 Å². The molecule has 3 atom stereocenters.